The van der Waals surface area contributed by atoms with E-state index in [0.717, 1.165) is 12.8 Å². The lowest BCUT2D eigenvalue weighted by Crippen LogP contribution is -2.36. The van der Waals surface area contributed by atoms with Crippen LogP contribution >= 0.6 is 0 Å². The van der Waals surface area contributed by atoms with Gasteiger partial charge in [0.25, 0.3) is 0 Å². The van der Waals surface area contributed by atoms with Crippen molar-refractivity contribution in [3.8, 4) is 0 Å². The van der Waals surface area contributed by atoms with Crippen LogP contribution < -0.4 is 0 Å². The number of fused-ring (bicyclic) bond motifs is 4. The van der Waals surface area contributed by atoms with Crippen LogP contribution in [-0.4, -0.2) is 16.1 Å². The Hall–Kier alpha value is -4.25. The number of rotatable bonds is 8. The van der Waals surface area contributed by atoms with Gasteiger partial charge in [-0.15, -0.1) is 0 Å². The molecule has 0 heterocycles. The molecule has 0 saturated heterocycles. The van der Waals surface area contributed by atoms with Gasteiger partial charge in [0.05, 0.1) is 16.1 Å². The van der Waals surface area contributed by atoms with Gasteiger partial charge in [0.15, 0.2) is 0 Å². The van der Waals surface area contributed by atoms with E-state index in [0.29, 0.717) is 11.8 Å². The first kappa shape index (κ1) is 36.1. The molecule has 0 N–H and O–H groups in total. The van der Waals surface area contributed by atoms with Crippen LogP contribution in [0.1, 0.15) is 35.1 Å². The second-order valence-corrected chi connectivity index (χ2v) is 27.6. The Morgan fingerprint density at radius 1 is 0.442 bits per heavy atom. The van der Waals surface area contributed by atoms with Crippen molar-refractivity contribution in [2.75, 3.05) is 0 Å². The highest BCUT2D eigenvalue weighted by Gasteiger charge is 2.49. The third kappa shape index (κ3) is 7.34. The Morgan fingerprint density at radius 2 is 0.769 bits per heavy atom. The quantitative estimate of drug-likeness (QED) is 0.160. The summed E-state index contributed by atoms with van der Waals surface area (Å²) in [5, 5.41) is 3.51. The highest BCUT2D eigenvalue weighted by molar-refractivity contribution is 6.85. The summed E-state index contributed by atoms with van der Waals surface area (Å²) in [6, 6.07) is 44.3. The molecule has 0 spiro atoms. The van der Waals surface area contributed by atoms with Crippen molar-refractivity contribution >= 4 is 27.3 Å². The summed E-state index contributed by atoms with van der Waals surface area (Å²) < 4.78 is 0. The SMILES string of the molecule is C[Si](C)(C)C1=C(c2ccccc2)[C@H]2C=CC=C[C@]1(Cc1ccccc1)C2.C[Si](C)(C)C1=C(c2ccccc2)[C@H]2C=CC=C[C@]1(Cc1ccccc1)C2. The van der Waals surface area contributed by atoms with E-state index in [2.05, 4.69) is 209 Å². The third-order valence-electron chi connectivity index (χ3n) is 11.6. The normalized spacial score (nSPS) is 24.8. The highest BCUT2D eigenvalue weighted by atomic mass is 28.3. The first-order valence-corrected chi connectivity index (χ1v) is 26.4. The van der Waals surface area contributed by atoms with Crippen molar-refractivity contribution in [3.63, 3.8) is 0 Å². The summed E-state index contributed by atoms with van der Waals surface area (Å²) in [6.45, 7) is 15.1. The summed E-state index contributed by atoms with van der Waals surface area (Å²) in [6.07, 6.45) is 23.6. The topological polar surface area (TPSA) is 0 Å². The Bertz CT molecular complexity index is 1880. The largest absolute Gasteiger partial charge is 0.0770 e. The average Bonchev–Trinajstić information content (AvgIpc) is 3.42. The van der Waals surface area contributed by atoms with Gasteiger partial charge < -0.3 is 0 Å². The Labute approximate surface area is 316 Å². The van der Waals surface area contributed by atoms with Crippen LogP contribution in [0.4, 0.5) is 0 Å². The predicted molar refractivity (Wildman–Crippen MR) is 231 cm³/mol. The molecule has 4 bridgehead atoms. The van der Waals surface area contributed by atoms with E-state index in [1.54, 1.807) is 21.5 Å². The summed E-state index contributed by atoms with van der Waals surface area (Å²) in [5.41, 5.74) is 9.28. The van der Waals surface area contributed by atoms with Gasteiger partial charge in [0.1, 0.15) is 0 Å². The number of allylic oxidation sites excluding steroid dienone is 12. The second kappa shape index (κ2) is 14.6. The molecule has 0 amide bonds. The van der Waals surface area contributed by atoms with Gasteiger partial charge >= 0.3 is 0 Å². The minimum Gasteiger partial charge on any atom is -0.0770 e. The molecule has 0 nitrogen and oxygen atoms in total. The molecule has 2 heteroatoms. The van der Waals surface area contributed by atoms with E-state index in [9.17, 15) is 0 Å². The molecule has 264 valence electrons. The van der Waals surface area contributed by atoms with Gasteiger partial charge in [-0.3, -0.25) is 0 Å². The van der Waals surface area contributed by atoms with Crippen LogP contribution in [0.2, 0.25) is 39.3 Å². The maximum atomic E-state index is 2.52. The molecule has 4 aliphatic carbocycles. The molecule has 0 radical (unpaired) electrons. The maximum Gasteiger partial charge on any atom is 0.0740 e. The second-order valence-electron chi connectivity index (χ2n) is 17.6. The van der Waals surface area contributed by atoms with Crippen molar-refractivity contribution in [1.82, 2.24) is 0 Å². The van der Waals surface area contributed by atoms with Gasteiger partial charge in [-0.2, -0.15) is 0 Å². The van der Waals surface area contributed by atoms with E-state index in [-0.39, 0.29) is 10.8 Å². The average molecular weight is 713 g/mol. The van der Waals surface area contributed by atoms with E-state index >= 15 is 0 Å². The van der Waals surface area contributed by atoms with Crippen LogP contribution in [0.25, 0.3) is 11.1 Å². The summed E-state index contributed by atoms with van der Waals surface area (Å²) in [7, 11) is -3.02. The molecule has 52 heavy (non-hydrogen) atoms. The van der Waals surface area contributed by atoms with E-state index in [4.69, 9.17) is 0 Å². The summed E-state index contributed by atoms with van der Waals surface area (Å²) in [5.74, 6) is 1.05. The fourth-order valence-electron chi connectivity index (χ4n) is 10.2. The smallest absolute Gasteiger partial charge is 0.0740 e. The fourth-order valence-corrected chi connectivity index (χ4v) is 16.0. The first-order valence-electron chi connectivity index (χ1n) is 19.4. The fraction of sp³-hybridized carbons (Fsp3) is 0.280. The van der Waals surface area contributed by atoms with Crippen molar-refractivity contribution in [2.45, 2.75) is 65.0 Å². The number of hydrogen-bond donors (Lipinski definition) is 0. The maximum absolute atomic E-state index is 2.52. The molecule has 0 saturated carbocycles. The van der Waals surface area contributed by atoms with Crippen LogP contribution in [-0.2, 0) is 12.8 Å². The van der Waals surface area contributed by atoms with Crippen molar-refractivity contribution in [2.24, 2.45) is 22.7 Å². The molecular formula is C50H56Si2. The van der Waals surface area contributed by atoms with Gasteiger partial charge in [-0.05, 0) is 59.1 Å². The number of benzene rings is 4. The molecule has 8 rings (SSSR count). The molecule has 0 fully saturated rings. The predicted octanol–water partition coefficient (Wildman–Crippen LogP) is 13.4. The van der Waals surface area contributed by atoms with Gasteiger partial charge in [0, 0.05) is 22.7 Å². The standard InChI is InChI=1S/2C25H28Si/c2*1-26(2,3)24-23(21-14-8-5-9-15-21)22-16-10-11-17-25(24,19-22)18-20-12-6-4-7-13-20/h2*4-17,22H,18-19H2,1-3H3/t2*22-,25-/m00/s1. The van der Waals surface area contributed by atoms with Crippen LogP contribution in [0.3, 0.4) is 0 Å². The molecule has 4 aromatic rings. The van der Waals surface area contributed by atoms with Gasteiger partial charge in [0.2, 0.25) is 0 Å². The minimum atomic E-state index is -1.51. The van der Waals surface area contributed by atoms with Crippen LogP contribution in [0, 0.1) is 22.7 Å². The zero-order chi connectivity index (χ0) is 36.4. The molecule has 4 aromatic carbocycles. The lowest BCUT2D eigenvalue weighted by molar-refractivity contribution is 0.440. The monoisotopic (exact) mass is 712 g/mol. The number of hydrogen-bond acceptors (Lipinski definition) is 0. The molecule has 4 atom stereocenters. The summed E-state index contributed by atoms with van der Waals surface area (Å²) >= 11 is 0. The lowest BCUT2D eigenvalue weighted by Gasteiger charge is -2.37. The van der Waals surface area contributed by atoms with Crippen molar-refractivity contribution in [1.29, 1.82) is 0 Å². The molecule has 4 aliphatic rings. The van der Waals surface area contributed by atoms with E-state index < -0.39 is 16.1 Å². The Morgan fingerprint density at radius 3 is 1.10 bits per heavy atom. The van der Waals surface area contributed by atoms with Crippen molar-refractivity contribution < 1.29 is 0 Å². The molecule has 0 unspecified atom stereocenters. The first-order chi connectivity index (χ1) is 25.0. The third-order valence-corrected chi connectivity index (χ3v) is 16.1. The highest BCUT2D eigenvalue weighted by Crippen LogP contribution is 2.58. The van der Waals surface area contributed by atoms with Crippen LogP contribution in [0.15, 0.2) is 180 Å². The lowest BCUT2D eigenvalue weighted by atomic mass is 9.79. The molecular weight excluding hydrogens is 657 g/mol. The minimum absolute atomic E-state index is 0.158. The van der Waals surface area contributed by atoms with Crippen LogP contribution in [0.5, 0.6) is 0 Å². The van der Waals surface area contributed by atoms with Gasteiger partial charge in [-0.1, -0.05) is 220 Å². The van der Waals surface area contributed by atoms with E-state index in [1.807, 2.05) is 0 Å². The zero-order valence-electron chi connectivity index (χ0n) is 32.1. The summed E-state index contributed by atoms with van der Waals surface area (Å²) in [4.78, 5) is 0. The Kier molecular flexibility index (Phi) is 10.2. The zero-order valence-corrected chi connectivity index (χ0v) is 34.1. The van der Waals surface area contributed by atoms with Gasteiger partial charge in [-0.25, -0.2) is 0 Å². The molecule has 0 aromatic heterocycles. The van der Waals surface area contributed by atoms with E-state index in [1.165, 1.54) is 35.1 Å². The molecule has 0 aliphatic heterocycles. The Balaban J connectivity index is 0.000000162. The van der Waals surface area contributed by atoms with Crippen molar-refractivity contribution in [3.05, 3.63) is 203 Å².